The van der Waals surface area contributed by atoms with Gasteiger partial charge in [0, 0.05) is 25.0 Å². The fourth-order valence-corrected chi connectivity index (χ4v) is 2.14. The summed E-state index contributed by atoms with van der Waals surface area (Å²) in [6.45, 7) is 1.49. The Bertz CT molecular complexity index is 296. The number of amides is 3. The van der Waals surface area contributed by atoms with E-state index in [1.807, 2.05) is 4.90 Å². The minimum atomic E-state index is -0.320. The standard InChI is InChI=1S/C11H19N3O3/c1-17-13-11(16)12-9-4-6-14(7-5-9)10(15)8-2-3-8/h8-9H,2-7H2,1H3,(H2,12,13,16). The minimum Gasteiger partial charge on any atom is -0.342 e. The van der Waals surface area contributed by atoms with Crippen LogP contribution in [-0.2, 0) is 9.63 Å². The first-order chi connectivity index (χ1) is 8.20. The second kappa shape index (κ2) is 5.35. The third-order valence-corrected chi connectivity index (χ3v) is 3.26. The molecule has 0 radical (unpaired) electrons. The molecule has 2 fully saturated rings. The number of nitrogens with one attached hydrogen (secondary N) is 2. The van der Waals surface area contributed by atoms with Crippen LogP contribution in [0.4, 0.5) is 4.79 Å². The molecular weight excluding hydrogens is 222 g/mol. The Labute approximate surface area is 101 Å². The van der Waals surface area contributed by atoms with E-state index in [-0.39, 0.29) is 18.0 Å². The molecule has 17 heavy (non-hydrogen) atoms. The number of piperidine rings is 1. The van der Waals surface area contributed by atoms with Gasteiger partial charge in [0.2, 0.25) is 5.91 Å². The van der Waals surface area contributed by atoms with Crippen molar-refractivity contribution < 1.29 is 14.4 Å². The molecule has 0 aromatic carbocycles. The third-order valence-electron chi connectivity index (χ3n) is 3.26. The van der Waals surface area contributed by atoms with Gasteiger partial charge in [0.25, 0.3) is 0 Å². The van der Waals surface area contributed by atoms with Crippen LogP contribution in [0, 0.1) is 5.92 Å². The van der Waals surface area contributed by atoms with Gasteiger partial charge in [-0.3, -0.25) is 9.63 Å². The maximum atomic E-state index is 11.8. The molecule has 0 aromatic heterocycles. The van der Waals surface area contributed by atoms with Crippen molar-refractivity contribution in [2.24, 2.45) is 5.92 Å². The molecular formula is C11H19N3O3. The van der Waals surface area contributed by atoms with Crippen molar-refractivity contribution in [2.75, 3.05) is 20.2 Å². The van der Waals surface area contributed by atoms with E-state index in [1.54, 1.807) is 0 Å². The van der Waals surface area contributed by atoms with Crippen molar-refractivity contribution in [3.05, 3.63) is 0 Å². The monoisotopic (exact) mass is 241 g/mol. The highest BCUT2D eigenvalue weighted by Crippen LogP contribution is 2.31. The Hall–Kier alpha value is -1.30. The van der Waals surface area contributed by atoms with Crippen molar-refractivity contribution >= 4 is 11.9 Å². The molecule has 0 spiro atoms. The quantitative estimate of drug-likeness (QED) is 0.696. The lowest BCUT2D eigenvalue weighted by Gasteiger charge is -2.32. The van der Waals surface area contributed by atoms with E-state index in [1.165, 1.54) is 7.11 Å². The fraction of sp³-hybridized carbons (Fsp3) is 0.818. The van der Waals surface area contributed by atoms with E-state index in [9.17, 15) is 9.59 Å². The summed E-state index contributed by atoms with van der Waals surface area (Å²) in [6.07, 6.45) is 3.73. The molecule has 3 amide bonds. The maximum absolute atomic E-state index is 11.8. The first kappa shape index (κ1) is 12.2. The SMILES string of the molecule is CONC(=O)NC1CCN(C(=O)C2CC2)CC1. The Morgan fingerprint density at radius 2 is 1.82 bits per heavy atom. The Morgan fingerprint density at radius 3 is 2.35 bits per heavy atom. The van der Waals surface area contributed by atoms with Gasteiger partial charge < -0.3 is 10.2 Å². The molecule has 1 saturated carbocycles. The molecule has 2 rings (SSSR count). The second-order valence-electron chi connectivity index (χ2n) is 4.65. The van der Waals surface area contributed by atoms with Crippen LogP contribution in [0.15, 0.2) is 0 Å². The average Bonchev–Trinajstić information content (AvgIpc) is 3.13. The largest absolute Gasteiger partial charge is 0.342 e. The third kappa shape index (κ3) is 3.33. The zero-order valence-corrected chi connectivity index (χ0v) is 10.1. The number of hydrogen-bond donors (Lipinski definition) is 2. The number of nitrogens with zero attached hydrogens (tertiary/aromatic N) is 1. The van der Waals surface area contributed by atoms with Crippen LogP contribution in [-0.4, -0.2) is 43.1 Å². The predicted octanol–water partition coefficient (Wildman–Crippen LogP) is 0.248. The molecule has 96 valence electrons. The second-order valence-corrected chi connectivity index (χ2v) is 4.65. The zero-order valence-electron chi connectivity index (χ0n) is 10.1. The topological polar surface area (TPSA) is 70.7 Å². The van der Waals surface area contributed by atoms with Crippen molar-refractivity contribution in [1.82, 2.24) is 15.7 Å². The normalized spacial score (nSPS) is 21.1. The molecule has 6 heteroatoms. The summed E-state index contributed by atoms with van der Waals surface area (Å²) in [7, 11) is 1.40. The summed E-state index contributed by atoms with van der Waals surface area (Å²) in [5, 5.41) is 2.81. The summed E-state index contributed by atoms with van der Waals surface area (Å²) in [5.41, 5.74) is 2.22. The first-order valence-electron chi connectivity index (χ1n) is 6.09. The van der Waals surface area contributed by atoms with Crippen LogP contribution >= 0.6 is 0 Å². The van der Waals surface area contributed by atoms with E-state index in [2.05, 4.69) is 15.6 Å². The van der Waals surface area contributed by atoms with E-state index in [0.717, 1.165) is 38.8 Å². The highest BCUT2D eigenvalue weighted by molar-refractivity contribution is 5.81. The molecule has 0 atom stereocenters. The molecule has 1 aliphatic heterocycles. The van der Waals surface area contributed by atoms with Gasteiger partial charge >= 0.3 is 6.03 Å². The highest BCUT2D eigenvalue weighted by atomic mass is 16.6. The van der Waals surface area contributed by atoms with Crippen molar-refractivity contribution in [1.29, 1.82) is 0 Å². The molecule has 0 unspecified atom stereocenters. The van der Waals surface area contributed by atoms with Gasteiger partial charge in [0.15, 0.2) is 0 Å². The van der Waals surface area contributed by atoms with Crippen LogP contribution in [0.2, 0.25) is 0 Å². The number of likely N-dealkylation sites (tertiary alicyclic amines) is 1. The van der Waals surface area contributed by atoms with Gasteiger partial charge in [-0.15, -0.1) is 0 Å². The lowest BCUT2D eigenvalue weighted by molar-refractivity contribution is -0.133. The summed E-state index contributed by atoms with van der Waals surface area (Å²) < 4.78 is 0. The highest BCUT2D eigenvalue weighted by Gasteiger charge is 2.34. The van der Waals surface area contributed by atoms with E-state index < -0.39 is 0 Å². The van der Waals surface area contributed by atoms with E-state index >= 15 is 0 Å². The van der Waals surface area contributed by atoms with Gasteiger partial charge in [-0.25, -0.2) is 10.3 Å². The Kier molecular flexibility index (Phi) is 3.83. The van der Waals surface area contributed by atoms with Crippen molar-refractivity contribution in [3.8, 4) is 0 Å². The summed E-state index contributed by atoms with van der Waals surface area (Å²) in [6, 6.07) is -0.187. The number of hydroxylamine groups is 1. The summed E-state index contributed by atoms with van der Waals surface area (Å²) in [4.78, 5) is 29.5. The number of carbonyl (C=O) groups is 2. The van der Waals surface area contributed by atoms with Crippen molar-refractivity contribution in [2.45, 2.75) is 31.7 Å². The molecule has 2 N–H and O–H groups in total. The van der Waals surface area contributed by atoms with Crippen LogP contribution in [0.3, 0.4) is 0 Å². The number of carbonyl (C=O) groups excluding carboxylic acids is 2. The number of rotatable bonds is 3. The molecule has 1 saturated heterocycles. The zero-order chi connectivity index (χ0) is 12.3. The van der Waals surface area contributed by atoms with Crippen LogP contribution in [0.5, 0.6) is 0 Å². The van der Waals surface area contributed by atoms with Crippen LogP contribution < -0.4 is 10.8 Å². The Morgan fingerprint density at radius 1 is 1.18 bits per heavy atom. The van der Waals surface area contributed by atoms with Gasteiger partial charge in [-0.1, -0.05) is 0 Å². The van der Waals surface area contributed by atoms with Gasteiger partial charge in [-0.2, -0.15) is 0 Å². The lowest BCUT2D eigenvalue weighted by Crippen LogP contribution is -2.49. The average molecular weight is 241 g/mol. The van der Waals surface area contributed by atoms with E-state index in [0.29, 0.717) is 5.91 Å². The molecule has 1 heterocycles. The number of urea groups is 1. The molecule has 2 aliphatic rings. The van der Waals surface area contributed by atoms with Gasteiger partial charge in [-0.05, 0) is 25.7 Å². The number of hydrogen-bond acceptors (Lipinski definition) is 3. The molecule has 6 nitrogen and oxygen atoms in total. The van der Waals surface area contributed by atoms with Crippen LogP contribution in [0.25, 0.3) is 0 Å². The van der Waals surface area contributed by atoms with Crippen molar-refractivity contribution in [3.63, 3.8) is 0 Å². The summed E-state index contributed by atoms with van der Waals surface area (Å²) in [5.74, 6) is 0.584. The smallest absolute Gasteiger partial charge is 0.338 e. The lowest BCUT2D eigenvalue weighted by atomic mass is 10.0. The molecule has 1 aliphatic carbocycles. The first-order valence-corrected chi connectivity index (χ1v) is 6.09. The Balaban J connectivity index is 1.70. The molecule has 0 aromatic rings. The van der Waals surface area contributed by atoms with Gasteiger partial charge in [0.1, 0.15) is 0 Å². The maximum Gasteiger partial charge on any atom is 0.338 e. The minimum absolute atomic E-state index is 0.133. The predicted molar refractivity (Wildman–Crippen MR) is 61.0 cm³/mol. The summed E-state index contributed by atoms with van der Waals surface area (Å²) >= 11 is 0. The molecule has 0 bridgehead atoms. The fourth-order valence-electron chi connectivity index (χ4n) is 2.14. The van der Waals surface area contributed by atoms with Gasteiger partial charge in [0.05, 0.1) is 7.11 Å². The van der Waals surface area contributed by atoms with Crippen LogP contribution in [0.1, 0.15) is 25.7 Å². The van der Waals surface area contributed by atoms with E-state index in [4.69, 9.17) is 0 Å².